The van der Waals surface area contributed by atoms with Gasteiger partial charge >= 0.3 is 11.8 Å². The highest BCUT2D eigenvalue weighted by Gasteiger charge is 2.13. The summed E-state index contributed by atoms with van der Waals surface area (Å²) in [5.74, 6) is -0.389. The normalized spacial score (nSPS) is 9.85. The average Bonchev–Trinajstić information content (AvgIpc) is 2.66. The lowest BCUT2D eigenvalue weighted by molar-refractivity contribution is -0.136. The van der Waals surface area contributed by atoms with Crippen LogP contribution in [0.15, 0.2) is 48.5 Å². The largest absolute Gasteiger partial charge is 0.497 e. The minimum Gasteiger partial charge on any atom is -0.497 e. The predicted octanol–water partition coefficient (Wildman–Crippen LogP) is 1.79. The van der Waals surface area contributed by atoms with Gasteiger partial charge in [-0.2, -0.15) is 0 Å². The highest BCUT2D eigenvalue weighted by atomic mass is 16.5. The van der Waals surface area contributed by atoms with Crippen LogP contribution in [0.25, 0.3) is 0 Å². The van der Waals surface area contributed by atoms with Gasteiger partial charge in [0, 0.05) is 18.3 Å². The van der Waals surface area contributed by atoms with Crippen molar-refractivity contribution in [3.8, 4) is 11.5 Å². The van der Waals surface area contributed by atoms with Gasteiger partial charge in [0.25, 0.3) is 0 Å². The van der Waals surface area contributed by atoms with Crippen LogP contribution in [0, 0.1) is 0 Å². The molecule has 0 unspecified atom stereocenters. The number of anilines is 2. The van der Waals surface area contributed by atoms with E-state index in [1.165, 1.54) is 6.92 Å². The van der Waals surface area contributed by atoms with E-state index in [4.69, 9.17) is 9.47 Å². The number of benzene rings is 2. The molecule has 0 bridgehead atoms. The standard InChI is InChI=1S/C19H21N3O5/c1-13(23)21-14-3-5-15(6-4-14)22-19(25)18(24)20-11-12-27-17-9-7-16(26-2)8-10-17/h3-10H,11-12H2,1-2H3,(H,20,24)(H,21,23)(H,22,25). The van der Waals surface area contributed by atoms with Gasteiger partial charge in [0.05, 0.1) is 13.7 Å². The second kappa shape index (κ2) is 9.81. The van der Waals surface area contributed by atoms with E-state index in [1.807, 2.05) is 0 Å². The fourth-order valence-corrected chi connectivity index (χ4v) is 2.11. The quantitative estimate of drug-likeness (QED) is 0.508. The van der Waals surface area contributed by atoms with Gasteiger partial charge in [-0.25, -0.2) is 0 Å². The van der Waals surface area contributed by atoms with Crippen molar-refractivity contribution < 1.29 is 23.9 Å². The van der Waals surface area contributed by atoms with E-state index in [0.29, 0.717) is 17.1 Å². The number of nitrogens with one attached hydrogen (secondary N) is 3. The van der Waals surface area contributed by atoms with Crippen LogP contribution >= 0.6 is 0 Å². The third-order valence-corrected chi connectivity index (χ3v) is 3.39. The zero-order valence-corrected chi connectivity index (χ0v) is 15.1. The fourth-order valence-electron chi connectivity index (χ4n) is 2.11. The Bertz CT molecular complexity index is 788. The summed E-state index contributed by atoms with van der Waals surface area (Å²) >= 11 is 0. The van der Waals surface area contributed by atoms with Crippen molar-refractivity contribution in [3.63, 3.8) is 0 Å². The van der Waals surface area contributed by atoms with E-state index >= 15 is 0 Å². The molecular weight excluding hydrogens is 350 g/mol. The summed E-state index contributed by atoms with van der Waals surface area (Å²) < 4.78 is 10.5. The highest BCUT2D eigenvalue weighted by molar-refractivity contribution is 6.39. The van der Waals surface area contributed by atoms with Crippen LogP contribution in [0.3, 0.4) is 0 Å². The number of carbonyl (C=O) groups excluding carboxylic acids is 3. The van der Waals surface area contributed by atoms with Crippen molar-refractivity contribution in [1.29, 1.82) is 0 Å². The Morgan fingerprint density at radius 1 is 0.815 bits per heavy atom. The number of amides is 3. The number of ether oxygens (including phenoxy) is 2. The number of methoxy groups -OCH3 is 1. The van der Waals surface area contributed by atoms with Crippen LogP contribution in [-0.4, -0.2) is 38.0 Å². The highest BCUT2D eigenvalue weighted by Crippen LogP contribution is 2.16. The summed E-state index contributed by atoms with van der Waals surface area (Å²) in [5, 5.41) is 7.56. The Morgan fingerprint density at radius 2 is 1.37 bits per heavy atom. The van der Waals surface area contributed by atoms with Gasteiger partial charge in [-0.3, -0.25) is 14.4 Å². The first-order valence-corrected chi connectivity index (χ1v) is 8.21. The van der Waals surface area contributed by atoms with E-state index in [1.54, 1.807) is 55.6 Å². The molecule has 27 heavy (non-hydrogen) atoms. The van der Waals surface area contributed by atoms with Crippen LogP contribution in [0.4, 0.5) is 11.4 Å². The van der Waals surface area contributed by atoms with Crippen molar-refractivity contribution >= 4 is 29.1 Å². The summed E-state index contributed by atoms with van der Waals surface area (Å²) in [4.78, 5) is 34.6. The Hall–Kier alpha value is -3.55. The van der Waals surface area contributed by atoms with Gasteiger partial charge < -0.3 is 25.4 Å². The minimum atomic E-state index is -0.785. The molecule has 0 radical (unpaired) electrons. The van der Waals surface area contributed by atoms with Crippen molar-refractivity contribution in [1.82, 2.24) is 5.32 Å². The minimum absolute atomic E-state index is 0.180. The lowest BCUT2D eigenvalue weighted by atomic mass is 10.2. The number of hydrogen-bond donors (Lipinski definition) is 3. The summed E-state index contributed by atoms with van der Waals surface area (Å²) in [6, 6.07) is 13.4. The monoisotopic (exact) mass is 371 g/mol. The predicted molar refractivity (Wildman–Crippen MR) is 101 cm³/mol. The Labute approximate surface area is 156 Å². The molecule has 3 amide bonds. The van der Waals surface area contributed by atoms with Crippen LogP contribution < -0.4 is 25.4 Å². The molecule has 2 aromatic carbocycles. The molecular formula is C19H21N3O5. The van der Waals surface area contributed by atoms with Gasteiger partial charge in [-0.05, 0) is 48.5 Å². The zero-order chi connectivity index (χ0) is 19.6. The summed E-state index contributed by atoms with van der Waals surface area (Å²) in [7, 11) is 1.58. The summed E-state index contributed by atoms with van der Waals surface area (Å²) in [6.45, 7) is 1.80. The maximum absolute atomic E-state index is 11.9. The van der Waals surface area contributed by atoms with E-state index in [-0.39, 0.29) is 19.1 Å². The third-order valence-electron chi connectivity index (χ3n) is 3.39. The SMILES string of the molecule is COc1ccc(OCCNC(=O)C(=O)Nc2ccc(NC(C)=O)cc2)cc1. The van der Waals surface area contributed by atoms with Crippen LogP contribution in [-0.2, 0) is 14.4 Å². The van der Waals surface area contributed by atoms with Gasteiger partial charge in [0.15, 0.2) is 0 Å². The van der Waals surface area contributed by atoms with E-state index in [9.17, 15) is 14.4 Å². The molecule has 142 valence electrons. The first-order valence-electron chi connectivity index (χ1n) is 8.21. The summed E-state index contributed by atoms with van der Waals surface area (Å²) in [6.07, 6.45) is 0. The first-order chi connectivity index (χ1) is 13.0. The van der Waals surface area contributed by atoms with Crippen LogP contribution in [0.1, 0.15) is 6.92 Å². The van der Waals surface area contributed by atoms with Crippen molar-refractivity contribution in [2.75, 3.05) is 30.9 Å². The van der Waals surface area contributed by atoms with Crippen LogP contribution in [0.5, 0.6) is 11.5 Å². The molecule has 0 aromatic heterocycles. The topological polar surface area (TPSA) is 106 Å². The van der Waals surface area contributed by atoms with Gasteiger partial charge in [0.1, 0.15) is 18.1 Å². The third kappa shape index (κ3) is 6.69. The van der Waals surface area contributed by atoms with Crippen molar-refractivity contribution in [3.05, 3.63) is 48.5 Å². The maximum atomic E-state index is 11.9. The maximum Gasteiger partial charge on any atom is 0.313 e. The fraction of sp³-hybridized carbons (Fsp3) is 0.211. The molecule has 0 aliphatic rings. The second-order valence-corrected chi connectivity index (χ2v) is 5.49. The molecule has 0 fully saturated rings. The molecule has 2 rings (SSSR count). The zero-order valence-electron chi connectivity index (χ0n) is 15.1. The number of carbonyl (C=O) groups is 3. The van der Waals surface area contributed by atoms with Crippen LogP contribution in [0.2, 0.25) is 0 Å². The Balaban J connectivity index is 1.71. The van der Waals surface area contributed by atoms with E-state index in [2.05, 4.69) is 16.0 Å². The number of hydrogen-bond acceptors (Lipinski definition) is 5. The van der Waals surface area contributed by atoms with Gasteiger partial charge in [0.2, 0.25) is 5.91 Å². The molecule has 3 N–H and O–H groups in total. The average molecular weight is 371 g/mol. The van der Waals surface area contributed by atoms with Gasteiger partial charge in [-0.15, -0.1) is 0 Å². The molecule has 0 saturated carbocycles. The molecule has 0 aliphatic carbocycles. The van der Waals surface area contributed by atoms with Gasteiger partial charge in [-0.1, -0.05) is 0 Å². The lowest BCUT2D eigenvalue weighted by Crippen LogP contribution is -2.37. The van der Waals surface area contributed by atoms with E-state index < -0.39 is 11.8 Å². The molecule has 8 nitrogen and oxygen atoms in total. The molecule has 0 saturated heterocycles. The second-order valence-electron chi connectivity index (χ2n) is 5.49. The van der Waals surface area contributed by atoms with E-state index in [0.717, 1.165) is 5.75 Å². The van der Waals surface area contributed by atoms with Crippen molar-refractivity contribution in [2.45, 2.75) is 6.92 Å². The first kappa shape index (κ1) is 19.8. The number of rotatable bonds is 7. The Kier molecular flexibility index (Phi) is 7.18. The Morgan fingerprint density at radius 3 is 1.93 bits per heavy atom. The molecule has 0 aliphatic heterocycles. The van der Waals surface area contributed by atoms with Crippen molar-refractivity contribution in [2.24, 2.45) is 0 Å². The molecule has 0 heterocycles. The summed E-state index contributed by atoms with van der Waals surface area (Å²) in [5.41, 5.74) is 1.04. The molecule has 2 aromatic rings. The molecule has 0 spiro atoms. The molecule has 8 heteroatoms. The lowest BCUT2D eigenvalue weighted by Gasteiger charge is -2.09. The molecule has 0 atom stereocenters. The smallest absolute Gasteiger partial charge is 0.313 e.